The molecule has 0 spiro atoms. The van der Waals surface area contributed by atoms with Crippen LogP contribution < -0.4 is 20.7 Å². The molecule has 3 amide bonds. The Balaban J connectivity index is 1.36. The van der Waals surface area contributed by atoms with Gasteiger partial charge in [-0.15, -0.1) is 0 Å². The summed E-state index contributed by atoms with van der Waals surface area (Å²) in [4.78, 5) is 35.9. The molecule has 0 aliphatic heterocycles. The van der Waals surface area contributed by atoms with Crippen molar-refractivity contribution in [2.24, 2.45) is 0 Å². The predicted molar refractivity (Wildman–Crippen MR) is 122 cm³/mol. The first-order valence-electron chi connectivity index (χ1n) is 9.99. The Bertz CT molecular complexity index is 1240. The van der Waals surface area contributed by atoms with Crippen molar-refractivity contribution in [3.8, 4) is 5.75 Å². The summed E-state index contributed by atoms with van der Waals surface area (Å²) in [6.45, 7) is 0.490. The Morgan fingerprint density at radius 1 is 1.09 bits per heavy atom. The summed E-state index contributed by atoms with van der Waals surface area (Å²) < 4.78 is 5.34. The van der Waals surface area contributed by atoms with Gasteiger partial charge in [-0.2, -0.15) is 0 Å². The number of hydrogen-bond donors (Lipinski definition) is 4. The lowest BCUT2D eigenvalue weighted by molar-refractivity contribution is 0.0954. The number of carbonyl (C=O) groups excluding carboxylic acids is 2. The number of fused-ring (bicyclic) bond motifs is 1. The number of methoxy groups -OCH3 is 1. The standard InChI is InChI=1S/C23H22N6O3/c1-32-20-12-15(6-7-19(20)28-23(31)29-21-14-24-10-11-25-21)22(30)26-9-8-16-13-27-18-5-3-2-4-17(16)18/h2-7,10-14,27H,8-9H2,1H3,(H,26,30)(H2,25,28,29,31). The Labute approximate surface area is 184 Å². The van der Waals surface area contributed by atoms with E-state index < -0.39 is 6.03 Å². The van der Waals surface area contributed by atoms with Gasteiger partial charge < -0.3 is 20.4 Å². The average molecular weight is 430 g/mol. The first-order valence-corrected chi connectivity index (χ1v) is 9.99. The van der Waals surface area contributed by atoms with Gasteiger partial charge in [0, 0.05) is 41.6 Å². The number of anilines is 2. The number of ether oxygens (including phenoxy) is 1. The maximum absolute atomic E-state index is 12.6. The predicted octanol–water partition coefficient (Wildman–Crippen LogP) is 3.58. The van der Waals surface area contributed by atoms with E-state index in [1.54, 1.807) is 18.2 Å². The van der Waals surface area contributed by atoms with E-state index in [0.717, 1.165) is 16.5 Å². The van der Waals surface area contributed by atoms with Gasteiger partial charge in [0.05, 0.1) is 19.0 Å². The highest BCUT2D eigenvalue weighted by atomic mass is 16.5. The van der Waals surface area contributed by atoms with Crippen LogP contribution in [0.25, 0.3) is 10.9 Å². The number of amides is 3. The van der Waals surface area contributed by atoms with Crippen LogP contribution in [0.3, 0.4) is 0 Å². The molecule has 4 rings (SSSR count). The van der Waals surface area contributed by atoms with Crippen LogP contribution >= 0.6 is 0 Å². The molecule has 0 unspecified atom stereocenters. The SMILES string of the molecule is COc1cc(C(=O)NCCc2c[nH]c3ccccc23)ccc1NC(=O)Nc1cnccn1. The van der Waals surface area contributed by atoms with E-state index in [9.17, 15) is 9.59 Å². The fourth-order valence-corrected chi connectivity index (χ4v) is 3.32. The van der Waals surface area contributed by atoms with Gasteiger partial charge in [0.1, 0.15) is 5.75 Å². The minimum Gasteiger partial charge on any atom is -0.495 e. The molecule has 4 N–H and O–H groups in total. The van der Waals surface area contributed by atoms with Gasteiger partial charge in [-0.05, 0) is 36.2 Å². The number of rotatable bonds is 7. The highest BCUT2D eigenvalue weighted by Crippen LogP contribution is 2.26. The lowest BCUT2D eigenvalue weighted by Crippen LogP contribution is -2.26. The summed E-state index contributed by atoms with van der Waals surface area (Å²) in [6.07, 6.45) is 7.08. The second-order valence-electron chi connectivity index (χ2n) is 6.95. The monoisotopic (exact) mass is 430 g/mol. The molecular formula is C23H22N6O3. The number of aromatic nitrogens is 3. The van der Waals surface area contributed by atoms with Crippen molar-refractivity contribution >= 4 is 34.3 Å². The topological polar surface area (TPSA) is 121 Å². The second-order valence-corrected chi connectivity index (χ2v) is 6.95. The van der Waals surface area contributed by atoms with Crippen molar-refractivity contribution in [2.75, 3.05) is 24.3 Å². The quantitative estimate of drug-likeness (QED) is 0.357. The summed E-state index contributed by atoms with van der Waals surface area (Å²) in [6, 6.07) is 12.4. The molecule has 0 saturated carbocycles. The Kier molecular flexibility index (Phi) is 6.26. The molecule has 2 aromatic carbocycles. The summed E-state index contributed by atoms with van der Waals surface area (Å²) in [5.41, 5.74) is 3.07. The van der Waals surface area contributed by atoms with Crippen molar-refractivity contribution in [3.05, 3.63) is 78.4 Å². The third kappa shape index (κ3) is 4.84. The molecule has 4 aromatic rings. The smallest absolute Gasteiger partial charge is 0.324 e. The molecule has 162 valence electrons. The highest BCUT2D eigenvalue weighted by molar-refractivity contribution is 6.01. The molecule has 2 heterocycles. The largest absolute Gasteiger partial charge is 0.495 e. The maximum Gasteiger partial charge on any atom is 0.324 e. The van der Waals surface area contributed by atoms with E-state index >= 15 is 0 Å². The van der Waals surface area contributed by atoms with E-state index in [4.69, 9.17) is 4.74 Å². The third-order valence-corrected chi connectivity index (χ3v) is 4.87. The van der Waals surface area contributed by atoms with Gasteiger partial charge in [-0.1, -0.05) is 18.2 Å². The van der Waals surface area contributed by atoms with E-state index in [2.05, 4.69) is 37.0 Å². The summed E-state index contributed by atoms with van der Waals surface area (Å²) >= 11 is 0. The van der Waals surface area contributed by atoms with Gasteiger partial charge in [0.15, 0.2) is 5.82 Å². The average Bonchev–Trinajstić information content (AvgIpc) is 3.23. The molecule has 0 aliphatic rings. The van der Waals surface area contributed by atoms with E-state index in [1.165, 1.54) is 25.7 Å². The second kappa shape index (κ2) is 9.61. The lowest BCUT2D eigenvalue weighted by atomic mass is 10.1. The normalized spacial score (nSPS) is 10.5. The van der Waals surface area contributed by atoms with Crippen molar-refractivity contribution in [3.63, 3.8) is 0 Å². The van der Waals surface area contributed by atoms with Gasteiger partial charge in [-0.3, -0.25) is 15.1 Å². The van der Waals surface area contributed by atoms with E-state index in [-0.39, 0.29) is 5.91 Å². The number of carbonyl (C=O) groups is 2. The molecule has 0 atom stereocenters. The maximum atomic E-state index is 12.6. The zero-order chi connectivity index (χ0) is 22.3. The van der Waals surface area contributed by atoms with Gasteiger partial charge in [-0.25, -0.2) is 9.78 Å². The van der Waals surface area contributed by atoms with Crippen LogP contribution in [0.2, 0.25) is 0 Å². The Morgan fingerprint density at radius 3 is 2.78 bits per heavy atom. The fourth-order valence-electron chi connectivity index (χ4n) is 3.32. The number of nitrogens with zero attached hydrogens (tertiary/aromatic N) is 2. The molecule has 0 radical (unpaired) electrons. The first-order chi connectivity index (χ1) is 15.6. The zero-order valence-electron chi connectivity index (χ0n) is 17.4. The number of hydrogen-bond acceptors (Lipinski definition) is 5. The number of nitrogens with one attached hydrogen (secondary N) is 4. The van der Waals surface area contributed by atoms with E-state index in [0.29, 0.717) is 35.8 Å². The van der Waals surface area contributed by atoms with Crippen LogP contribution in [0, 0.1) is 0 Å². The first kappa shape index (κ1) is 20.9. The van der Waals surface area contributed by atoms with Crippen LogP contribution in [-0.2, 0) is 6.42 Å². The van der Waals surface area contributed by atoms with Gasteiger partial charge >= 0.3 is 6.03 Å². The van der Waals surface area contributed by atoms with Crippen LogP contribution in [0.4, 0.5) is 16.3 Å². The van der Waals surface area contributed by atoms with Crippen molar-refractivity contribution in [2.45, 2.75) is 6.42 Å². The van der Waals surface area contributed by atoms with Crippen LogP contribution in [0.5, 0.6) is 5.75 Å². The van der Waals surface area contributed by atoms with Crippen molar-refractivity contribution in [1.29, 1.82) is 0 Å². The zero-order valence-corrected chi connectivity index (χ0v) is 17.4. The Hall–Kier alpha value is -4.40. The summed E-state index contributed by atoms with van der Waals surface area (Å²) in [5.74, 6) is 0.456. The van der Waals surface area contributed by atoms with Crippen LogP contribution in [0.1, 0.15) is 15.9 Å². The molecule has 9 heteroatoms. The highest BCUT2D eigenvalue weighted by Gasteiger charge is 2.13. The molecular weight excluding hydrogens is 408 g/mol. The molecule has 9 nitrogen and oxygen atoms in total. The molecule has 0 saturated heterocycles. The summed E-state index contributed by atoms with van der Waals surface area (Å²) in [5, 5.41) is 9.32. The number of benzene rings is 2. The fraction of sp³-hybridized carbons (Fsp3) is 0.130. The van der Waals surface area contributed by atoms with Crippen LogP contribution in [-0.4, -0.2) is 40.5 Å². The molecule has 32 heavy (non-hydrogen) atoms. The minimum atomic E-state index is -0.500. The van der Waals surface area contributed by atoms with Crippen LogP contribution in [0.15, 0.2) is 67.3 Å². The third-order valence-electron chi connectivity index (χ3n) is 4.87. The van der Waals surface area contributed by atoms with Gasteiger partial charge in [0.25, 0.3) is 5.91 Å². The lowest BCUT2D eigenvalue weighted by Gasteiger charge is -2.12. The molecule has 0 fully saturated rings. The van der Waals surface area contributed by atoms with Gasteiger partial charge in [0.2, 0.25) is 0 Å². The number of H-pyrrole nitrogens is 1. The molecule has 0 aliphatic carbocycles. The molecule has 2 aromatic heterocycles. The van der Waals surface area contributed by atoms with E-state index in [1.807, 2.05) is 24.4 Å². The van der Waals surface area contributed by atoms with Crippen molar-refractivity contribution < 1.29 is 14.3 Å². The number of para-hydroxylation sites is 1. The number of aromatic amines is 1. The minimum absolute atomic E-state index is 0.223. The molecule has 0 bridgehead atoms. The summed E-state index contributed by atoms with van der Waals surface area (Å²) in [7, 11) is 1.47. The Morgan fingerprint density at radius 2 is 1.97 bits per heavy atom. The number of urea groups is 1. The van der Waals surface area contributed by atoms with Crippen molar-refractivity contribution in [1.82, 2.24) is 20.3 Å².